The fourth-order valence-corrected chi connectivity index (χ4v) is 4.95. The van der Waals surface area contributed by atoms with Crippen molar-refractivity contribution in [1.82, 2.24) is 0 Å². The van der Waals surface area contributed by atoms with E-state index in [1.54, 1.807) is 0 Å². The quantitative estimate of drug-likeness (QED) is 0.481. The van der Waals surface area contributed by atoms with Gasteiger partial charge in [0.25, 0.3) is 0 Å². The Morgan fingerprint density at radius 3 is 1.09 bits per heavy atom. The zero-order chi connectivity index (χ0) is 16.5. The van der Waals surface area contributed by atoms with Crippen molar-refractivity contribution in [2.45, 2.75) is 52.4 Å². The zero-order valence-electron chi connectivity index (χ0n) is 14.4. The van der Waals surface area contributed by atoms with E-state index in [0.717, 1.165) is 7.14 Å². The van der Waals surface area contributed by atoms with Crippen LogP contribution in [0.2, 0.25) is 0 Å². The molecule has 0 aliphatic rings. The molecule has 0 N–H and O–H groups in total. The fraction of sp³-hybridized carbons (Fsp3) is 0.400. The van der Waals surface area contributed by atoms with Crippen molar-refractivity contribution < 1.29 is 2.86 Å². The van der Waals surface area contributed by atoms with E-state index in [9.17, 15) is 2.86 Å². The Kier molecular flexibility index (Phi) is 5.00. The number of rotatable bonds is 2. The molecule has 2 aromatic carbocycles. The van der Waals surface area contributed by atoms with Crippen molar-refractivity contribution in [2.24, 2.45) is 0 Å². The van der Waals surface area contributed by atoms with Crippen LogP contribution in [0, 0.1) is 7.14 Å². The van der Waals surface area contributed by atoms with Crippen LogP contribution < -0.4 is 0 Å². The van der Waals surface area contributed by atoms with Crippen LogP contribution in [-0.4, -0.2) is 0 Å². The van der Waals surface area contributed by atoms with E-state index in [1.807, 2.05) is 24.3 Å². The third kappa shape index (κ3) is 4.09. The Hall–Kier alpha value is -0.900. The molecule has 0 atom stereocenters. The summed E-state index contributed by atoms with van der Waals surface area (Å²) in [5.41, 5.74) is 2.73. The molecule has 2 aromatic rings. The average Bonchev–Trinajstić information content (AvgIpc) is 2.45. The second kappa shape index (κ2) is 6.31. The summed E-state index contributed by atoms with van der Waals surface area (Å²) in [6, 6.07) is 16.2. The van der Waals surface area contributed by atoms with Crippen LogP contribution in [-0.2, 0) is 10.8 Å². The molecular formula is C20H26FI. The Bertz CT molecular complexity index is 555. The molecule has 0 saturated carbocycles. The summed E-state index contributed by atoms with van der Waals surface area (Å²) in [6.45, 7) is 13.1. The first-order valence-electron chi connectivity index (χ1n) is 7.66. The summed E-state index contributed by atoms with van der Waals surface area (Å²) in [7, 11) is 0. The van der Waals surface area contributed by atoms with E-state index < -0.39 is 20.4 Å². The van der Waals surface area contributed by atoms with Crippen LogP contribution >= 0.6 is 20.4 Å². The molecule has 2 rings (SSSR count). The summed E-state index contributed by atoms with van der Waals surface area (Å²) in [6.07, 6.45) is 0. The summed E-state index contributed by atoms with van der Waals surface area (Å²) in [5, 5.41) is 0. The van der Waals surface area contributed by atoms with Gasteiger partial charge in [-0.3, -0.25) is 0 Å². The Balaban J connectivity index is 2.23. The number of hydrogen-bond acceptors (Lipinski definition) is 0. The second-order valence-electron chi connectivity index (χ2n) is 7.75. The molecule has 0 unspecified atom stereocenters. The van der Waals surface area contributed by atoms with Crippen LogP contribution in [0.5, 0.6) is 0 Å². The Morgan fingerprint density at radius 1 is 0.591 bits per heavy atom. The number of benzene rings is 2. The van der Waals surface area contributed by atoms with E-state index in [-0.39, 0.29) is 10.8 Å². The number of halogens is 2. The maximum absolute atomic E-state index is 14.9. The predicted molar refractivity (Wildman–Crippen MR) is 103 cm³/mol. The number of hydrogen-bond donors (Lipinski definition) is 0. The van der Waals surface area contributed by atoms with Crippen molar-refractivity contribution in [2.75, 3.05) is 0 Å². The van der Waals surface area contributed by atoms with Crippen molar-refractivity contribution in [3.8, 4) is 0 Å². The van der Waals surface area contributed by atoms with Gasteiger partial charge >= 0.3 is 142 Å². The molecule has 0 aliphatic heterocycles. The standard InChI is InChI=1S/C20H26FI/c1-19(2,3)15-7-11-17(12-8-15)22(21)18-13-9-16(10-14-18)20(4,5)6/h7-14H,1-6H3. The molecule has 0 aliphatic carbocycles. The first-order valence-corrected chi connectivity index (χ1v) is 10.6. The van der Waals surface area contributed by atoms with Crippen LogP contribution in [0.3, 0.4) is 0 Å². The normalized spacial score (nSPS) is 13.1. The van der Waals surface area contributed by atoms with Gasteiger partial charge in [0.15, 0.2) is 0 Å². The van der Waals surface area contributed by atoms with E-state index in [1.165, 1.54) is 11.1 Å². The molecule has 0 spiro atoms. The summed E-state index contributed by atoms with van der Waals surface area (Å²) < 4.78 is 16.6. The molecule has 0 nitrogen and oxygen atoms in total. The monoisotopic (exact) mass is 412 g/mol. The minimum absolute atomic E-state index is 0.113. The van der Waals surface area contributed by atoms with Crippen LogP contribution in [0.1, 0.15) is 52.7 Å². The molecule has 0 bridgehead atoms. The first kappa shape index (κ1) is 17.5. The third-order valence-electron chi connectivity index (χ3n) is 3.80. The molecular weight excluding hydrogens is 386 g/mol. The average molecular weight is 412 g/mol. The van der Waals surface area contributed by atoms with Crippen LogP contribution in [0.25, 0.3) is 0 Å². The van der Waals surface area contributed by atoms with E-state index in [4.69, 9.17) is 0 Å². The predicted octanol–water partition coefficient (Wildman–Crippen LogP) is 6.71. The van der Waals surface area contributed by atoms with Gasteiger partial charge in [0, 0.05) is 0 Å². The molecule has 0 aromatic heterocycles. The Morgan fingerprint density at radius 2 is 0.864 bits per heavy atom. The van der Waals surface area contributed by atoms with Crippen molar-refractivity contribution in [3.63, 3.8) is 0 Å². The maximum atomic E-state index is 14.9. The van der Waals surface area contributed by atoms with Gasteiger partial charge in [-0.25, -0.2) is 0 Å². The minimum atomic E-state index is -2.76. The van der Waals surface area contributed by atoms with Gasteiger partial charge < -0.3 is 0 Å². The van der Waals surface area contributed by atoms with Gasteiger partial charge in [0.05, 0.1) is 0 Å². The molecule has 0 amide bonds. The summed E-state index contributed by atoms with van der Waals surface area (Å²) in [5.74, 6) is 0. The van der Waals surface area contributed by atoms with Crippen LogP contribution in [0.15, 0.2) is 48.5 Å². The second-order valence-corrected chi connectivity index (χ2v) is 11.6. The summed E-state index contributed by atoms with van der Waals surface area (Å²) in [4.78, 5) is 0. The topological polar surface area (TPSA) is 0 Å². The fourth-order valence-electron chi connectivity index (χ4n) is 2.25. The molecule has 0 radical (unpaired) electrons. The van der Waals surface area contributed by atoms with Gasteiger partial charge in [0.2, 0.25) is 0 Å². The van der Waals surface area contributed by atoms with Gasteiger partial charge in [-0.15, -0.1) is 0 Å². The Labute approximate surface area is 142 Å². The van der Waals surface area contributed by atoms with Crippen LogP contribution in [0.4, 0.5) is 2.86 Å². The van der Waals surface area contributed by atoms with Gasteiger partial charge in [-0.05, 0) is 0 Å². The molecule has 2 heteroatoms. The molecule has 0 heterocycles. The SMILES string of the molecule is CC(C)(C)c1ccc(I(F)c2ccc(C(C)(C)C)cc2)cc1. The van der Waals surface area contributed by atoms with Gasteiger partial charge in [-0.2, -0.15) is 0 Å². The third-order valence-corrected chi connectivity index (χ3v) is 7.43. The molecule has 120 valence electrons. The molecule has 22 heavy (non-hydrogen) atoms. The first-order chi connectivity index (χ1) is 10.1. The molecule has 0 fully saturated rings. The zero-order valence-corrected chi connectivity index (χ0v) is 16.5. The van der Waals surface area contributed by atoms with Crippen molar-refractivity contribution in [1.29, 1.82) is 0 Å². The summed E-state index contributed by atoms with van der Waals surface area (Å²) >= 11 is -2.76. The van der Waals surface area contributed by atoms with E-state index in [0.29, 0.717) is 0 Å². The van der Waals surface area contributed by atoms with E-state index in [2.05, 4.69) is 65.8 Å². The molecule has 0 saturated heterocycles. The van der Waals surface area contributed by atoms with E-state index >= 15 is 0 Å². The van der Waals surface area contributed by atoms with Gasteiger partial charge in [-0.1, -0.05) is 0 Å². The van der Waals surface area contributed by atoms with Crippen molar-refractivity contribution in [3.05, 3.63) is 66.8 Å². The van der Waals surface area contributed by atoms with Crippen molar-refractivity contribution >= 4 is 20.4 Å². The van der Waals surface area contributed by atoms with Gasteiger partial charge in [0.1, 0.15) is 0 Å².